The van der Waals surface area contributed by atoms with Crippen LogP contribution in [0, 0.1) is 5.92 Å². The third-order valence-corrected chi connectivity index (χ3v) is 8.72. The Morgan fingerprint density at radius 3 is 2.55 bits per heavy atom. The molecule has 1 aliphatic carbocycles. The molecule has 1 aromatic carbocycles. The van der Waals surface area contributed by atoms with Crippen molar-refractivity contribution < 1.29 is 15.0 Å². The van der Waals surface area contributed by atoms with E-state index in [1.54, 1.807) is 6.92 Å². The molecule has 2 aliphatic rings. The van der Waals surface area contributed by atoms with Crippen LogP contribution >= 0.6 is 0 Å². The highest BCUT2D eigenvalue weighted by atomic mass is 16.3. The van der Waals surface area contributed by atoms with Crippen molar-refractivity contribution in [3.05, 3.63) is 54.0 Å². The van der Waals surface area contributed by atoms with Crippen LogP contribution < -0.4 is 16.4 Å². The Morgan fingerprint density at radius 2 is 1.80 bits per heavy atom. The minimum Gasteiger partial charge on any atom is -0.390 e. The monoisotopic (exact) mass is 549 g/mol. The number of carbonyl (C=O) groups is 1. The van der Waals surface area contributed by atoms with E-state index in [9.17, 15) is 15.0 Å². The maximum atomic E-state index is 11.8. The third kappa shape index (κ3) is 6.30. The summed E-state index contributed by atoms with van der Waals surface area (Å²) in [5.74, 6) is 0.696. The fraction of sp³-hybridized carbons (Fsp3) is 0.567. The summed E-state index contributed by atoms with van der Waals surface area (Å²) >= 11 is 0. The fourth-order valence-electron chi connectivity index (χ4n) is 6.41. The molecule has 40 heavy (non-hydrogen) atoms. The van der Waals surface area contributed by atoms with Crippen molar-refractivity contribution >= 4 is 22.8 Å². The van der Waals surface area contributed by atoms with E-state index in [-0.39, 0.29) is 23.8 Å². The molecule has 0 unspecified atom stereocenters. The Kier molecular flexibility index (Phi) is 9.31. The van der Waals surface area contributed by atoms with Gasteiger partial charge in [0, 0.05) is 38.7 Å². The van der Waals surface area contributed by atoms with Gasteiger partial charge in [0.25, 0.3) is 0 Å². The highest BCUT2D eigenvalue weighted by molar-refractivity contribution is 5.90. The summed E-state index contributed by atoms with van der Waals surface area (Å²) in [5.41, 5.74) is 9.44. The molecule has 1 saturated carbocycles. The number of anilines is 1. The number of aliphatic hydroxyl groups is 2. The zero-order valence-electron chi connectivity index (χ0n) is 23.4. The normalized spacial score (nSPS) is 23.7. The Labute approximate surface area is 236 Å². The number of nitrogens with two attached hydrogens (primary N) is 1. The van der Waals surface area contributed by atoms with Crippen molar-refractivity contribution in [3.63, 3.8) is 0 Å². The van der Waals surface area contributed by atoms with Crippen molar-refractivity contribution in [1.29, 1.82) is 0 Å². The molecule has 1 amide bonds. The number of piperidine rings is 1. The maximum Gasteiger partial charge on any atom is 0.219 e. The van der Waals surface area contributed by atoms with Crippen LogP contribution in [0.3, 0.4) is 0 Å². The summed E-state index contributed by atoms with van der Waals surface area (Å²) in [5, 5.41) is 29.8. The van der Waals surface area contributed by atoms with Crippen molar-refractivity contribution in [1.82, 2.24) is 30.1 Å². The van der Waals surface area contributed by atoms with Gasteiger partial charge in [0.1, 0.15) is 23.9 Å². The molecule has 10 nitrogen and oxygen atoms in total. The van der Waals surface area contributed by atoms with Crippen molar-refractivity contribution in [3.8, 4) is 0 Å². The molecular formula is C30H43N7O3. The van der Waals surface area contributed by atoms with Crippen molar-refractivity contribution in [2.75, 3.05) is 45.0 Å². The number of amides is 1. The van der Waals surface area contributed by atoms with E-state index < -0.39 is 12.2 Å². The zero-order chi connectivity index (χ0) is 28.1. The first kappa shape index (κ1) is 28.5. The van der Waals surface area contributed by atoms with Gasteiger partial charge >= 0.3 is 0 Å². The Morgan fingerprint density at radius 1 is 1.05 bits per heavy atom. The van der Waals surface area contributed by atoms with Crippen LogP contribution in [0.5, 0.6) is 0 Å². The number of rotatable bonds is 11. The van der Waals surface area contributed by atoms with Crippen LogP contribution in [0.15, 0.2) is 42.9 Å². The summed E-state index contributed by atoms with van der Waals surface area (Å²) in [6, 6.07) is 10.2. The summed E-state index contributed by atoms with van der Waals surface area (Å²) in [4.78, 5) is 22.5. The van der Waals surface area contributed by atoms with Gasteiger partial charge in [-0.15, -0.1) is 0 Å². The van der Waals surface area contributed by atoms with E-state index in [1.165, 1.54) is 11.9 Å². The Bertz CT molecular complexity index is 1260. The molecule has 0 bridgehead atoms. The fourth-order valence-corrected chi connectivity index (χ4v) is 6.41. The van der Waals surface area contributed by atoms with Crippen LogP contribution in [0.2, 0.25) is 0 Å². The predicted octanol–water partition coefficient (Wildman–Crippen LogP) is 1.83. The minimum absolute atomic E-state index is 0.0649. The van der Waals surface area contributed by atoms with Gasteiger partial charge in [-0.3, -0.25) is 4.79 Å². The molecule has 216 valence electrons. The van der Waals surface area contributed by atoms with Crippen LogP contribution in [0.1, 0.15) is 55.7 Å². The number of aliphatic hydroxyl groups excluding tert-OH is 2. The molecule has 3 aromatic rings. The molecule has 1 saturated heterocycles. The topological polar surface area (TPSA) is 142 Å². The van der Waals surface area contributed by atoms with Gasteiger partial charge in [0.15, 0.2) is 0 Å². The summed E-state index contributed by atoms with van der Waals surface area (Å²) in [6.07, 6.45) is 6.14. The number of benzene rings is 1. The molecule has 5 rings (SSSR count). The zero-order valence-corrected chi connectivity index (χ0v) is 23.4. The molecule has 3 heterocycles. The van der Waals surface area contributed by atoms with Crippen LogP contribution in [-0.2, 0) is 11.2 Å². The van der Waals surface area contributed by atoms with Crippen LogP contribution in [0.25, 0.3) is 11.0 Å². The molecule has 0 radical (unpaired) electrons. The van der Waals surface area contributed by atoms with Gasteiger partial charge in [-0.1, -0.05) is 30.3 Å². The quantitative estimate of drug-likeness (QED) is 0.228. The van der Waals surface area contributed by atoms with E-state index in [0.717, 1.165) is 56.3 Å². The van der Waals surface area contributed by atoms with Gasteiger partial charge < -0.3 is 36.0 Å². The molecule has 0 spiro atoms. The first-order valence-electron chi connectivity index (χ1n) is 14.6. The predicted molar refractivity (Wildman–Crippen MR) is 156 cm³/mol. The Balaban J connectivity index is 1.16. The van der Waals surface area contributed by atoms with Crippen molar-refractivity contribution in [2.45, 2.75) is 63.2 Å². The average Bonchev–Trinajstić information content (AvgIpc) is 3.49. The molecule has 6 N–H and O–H groups in total. The number of nitrogen functional groups attached to an aromatic ring is 1. The van der Waals surface area contributed by atoms with E-state index in [4.69, 9.17) is 5.73 Å². The third-order valence-electron chi connectivity index (χ3n) is 8.72. The number of nitrogens with one attached hydrogen (secondary N) is 2. The van der Waals surface area contributed by atoms with Gasteiger partial charge in [-0.25, -0.2) is 9.97 Å². The second-order valence-electron chi connectivity index (χ2n) is 11.3. The standard InChI is InChI=1S/C30H43N7O3/c1-20(38)36-14-9-22(10-15-36)24-18-37(30-26(24)29(31)34-19-35-30)25-16-23(27(39)28(25)40)17-33-12-5-11-32-13-8-21-6-3-2-4-7-21/h2-4,6-7,18-19,22-23,25,27-28,32-33,39-40H,5,8-17H2,1H3,(H2,31,34,35)/t23-,25-,27-,28+/m1/s1. The molecule has 10 heteroatoms. The van der Waals surface area contributed by atoms with Gasteiger partial charge in [-0.05, 0) is 68.8 Å². The molecular weight excluding hydrogens is 506 g/mol. The highest BCUT2D eigenvalue weighted by Gasteiger charge is 2.43. The number of nitrogens with zero attached hydrogens (tertiary/aromatic N) is 4. The SMILES string of the molecule is CC(=O)N1CCC(c2cn([C@@H]3C[C@H](CNCCCNCCc4ccccc4)[C@@H](O)[C@H]3O)c3ncnc(N)c23)CC1. The summed E-state index contributed by atoms with van der Waals surface area (Å²) in [7, 11) is 0. The van der Waals surface area contributed by atoms with Crippen LogP contribution in [-0.4, -0.2) is 87.0 Å². The van der Waals surface area contributed by atoms with E-state index >= 15 is 0 Å². The van der Waals surface area contributed by atoms with E-state index in [1.807, 2.05) is 15.5 Å². The molecule has 4 atom stereocenters. The molecule has 2 aromatic heterocycles. The van der Waals surface area contributed by atoms with Crippen molar-refractivity contribution in [2.24, 2.45) is 5.92 Å². The second kappa shape index (κ2) is 13.1. The lowest BCUT2D eigenvalue weighted by molar-refractivity contribution is -0.129. The number of fused-ring (bicyclic) bond motifs is 1. The number of carbonyl (C=O) groups excluding carboxylic acids is 1. The summed E-state index contributed by atoms with van der Waals surface area (Å²) < 4.78 is 2.00. The first-order chi connectivity index (χ1) is 19.4. The lowest BCUT2D eigenvalue weighted by Crippen LogP contribution is -2.36. The van der Waals surface area contributed by atoms with Gasteiger partial charge in [-0.2, -0.15) is 0 Å². The number of hydrogen-bond acceptors (Lipinski definition) is 8. The minimum atomic E-state index is -0.898. The average molecular weight is 550 g/mol. The highest BCUT2D eigenvalue weighted by Crippen LogP contribution is 2.41. The number of aromatic nitrogens is 3. The largest absolute Gasteiger partial charge is 0.390 e. The Hall–Kier alpha value is -3.05. The maximum absolute atomic E-state index is 11.8. The van der Waals surface area contributed by atoms with E-state index in [2.05, 4.69) is 51.1 Å². The number of hydrogen-bond donors (Lipinski definition) is 5. The molecule has 2 fully saturated rings. The van der Waals surface area contributed by atoms with E-state index in [0.29, 0.717) is 37.5 Å². The smallest absolute Gasteiger partial charge is 0.219 e. The van der Waals surface area contributed by atoms with Gasteiger partial charge in [0.05, 0.1) is 17.5 Å². The number of likely N-dealkylation sites (tertiary alicyclic amines) is 1. The lowest BCUT2D eigenvalue weighted by Gasteiger charge is -2.31. The van der Waals surface area contributed by atoms with Crippen LogP contribution in [0.4, 0.5) is 5.82 Å². The summed E-state index contributed by atoms with van der Waals surface area (Å²) in [6.45, 7) is 6.41. The molecule has 1 aliphatic heterocycles. The first-order valence-corrected chi connectivity index (χ1v) is 14.6. The van der Waals surface area contributed by atoms with Gasteiger partial charge in [0.2, 0.25) is 5.91 Å². The lowest BCUT2D eigenvalue weighted by atomic mass is 9.89. The second-order valence-corrected chi connectivity index (χ2v) is 11.3.